The number of ether oxygens (including phenoxy) is 1. The molecule has 1 aromatic heterocycles. The van der Waals surface area contributed by atoms with E-state index in [1.54, 1.807) is 0 Å². The van der Waals surface area contributed by atoms with Crippen molar-refractivity contribution in [3.63, 3.8) is 0 Å². The fourth-order valence-electron chi connectivity index (χ4n) is 1.65. The Morgan fingerprint density at radius 1 is 1.33 bits per heavy atom. The highest BCUT2D eigenvalue weighted by molar-refractivity contribution is 6.30. The number of aromatic nitrogens is 2. The first-order valence-electron chi connectivity index (χ1n) is 6.43. The minimum Gasteiger partial charge on any atom is -0.380 e. The highest BCUT2D eigenvalue weighted by Gasteiger charge is 2.16. The van der Waals surface area contributed by atoms with Gasteiger partial charge in [0.25, 0.3) is 0 Å². The molecule has 1 atom stereocenters. The van der Waals surface area contributed by atoms with Crippen molar-refractivity contribution in [3.05, 3.63) is 17.0 Å². The van der Waals surface area contributed by atoms with E-state index in [4.69, 9.17) is 16.3 Å². The molecule has 0 amide bonds. The number of halogens is 1. The van der Waals surface area contributed by atoms with Crippen molar-refractivity contribution < 1.29 is 4.74 Å². The summed E-state index contributed by atoms with van der Waals surface area (Å²) in [5, 5.41) is 3.94. The molecule has 1 aromatic rings. The lowest BCUT2D eigenvalue weighted by Gasteiger charge is -2.23. The van der Waals surface area contributed by atoms with Crippen molar-refractivity contribution in [1.29, 1.82) is 0 Å². The maximum absolute atomic E-state index is 6.07. The zero-order valence-electron chi connectivity index (χ0n) is 11.5. The highest BCUT2D eigenvalue weighted by atomic mass is 35.5. The maximum atomic E-state index is 6.07. The van der Waals surface area contributed by atoms with Crippen LogP contribution in [0.15, 0.2) is 6.33 Å². The summed E-state index contributed by atoms with van der Waals surface area (Å²) < 4.78 is 5.49. The van der Waals surface area contributed by atoms with Crippen molar-refractivity contribution in [3.8, 4) is 0 Å². The van der Waals surface area contributed by atoms with Crippen molar-refractivity contribution in [2.45, 2.75) is 40.2 Å². The van der Waals surface area contributed by atoms with E-state index in [2.05, 4.69) is 29.1 Å². The molecule has 18 heavy (non-hydrogen) atoms. The van der Waals surface area contributed by atoms with E-state index in [-0.39, 0.29) is 6.04 Å². The van der Waals surface area contributed by atoms with E-state index in [1.807, 2.05) is 13.8 Å². The van der Waals surface area contributed by atoms with Crippen LogP contribution in [0.1, 0.15) is 33.3 Å². The quantitative estimate of drug-likeness (QED) is 0.774. The second kappa shape index (κ2) is 7.54. The predicted octanol–water partition coefficient (Wildman–Crippen LogP) is 3.17. The summed E-state index contributed by atoms with van der Waals surface area (Å²) in [4.78, 5) is 8.29. The van der Waals surface area contributed by atoms with Crippen LogP contribution in [0, 0.1) is 5.92 Å². The molecule has 0 radical (unpaired) electrons. The molecule has 1 unspecified atom stereocenters. The average molecular weight is 272 g/mol. The van der Waals surface area contributed by atoms with Gasteiger partial charge in [0.1, 0.15) is 17.3 Å². The lowest BCUT2D eigenvalue weighted by Crippen LogP contribution is -2.31. The first-order chi connectivity index (χ1) is 8.60. The lowest BCUT2D eigenvalue weighted by atomic mass is 10.1. The Morgan fingerprint density at radius 3 is 2.61 bits per heavy atom. The van der Waals surface area contributed by atoms with Crippen LogP contribution in [0.5, 0.6) is 0 Å². The molecule has 0 saturated carbocycles. The molecule has 0 aromatic carbocycles. The maximum Gasteiger partial charge on any atom is 0.137 e. The van der Waals surface area contributed by atoms with Crippen LogP contribution in [0.3, 0.4) is 0 Å². The second-order valence-electron chi connectivity index (χ2n) is 4.50. The van der Waals surface area contributed by atoms with Crippen molar-refractivity contribution in [1.82, 2.24) is 9.97 Å². The summed E-state index contributed by atoms with van der Waals surface area (Å²) >= 11 is 6.07. The zero-order valence-corrected chi connectivity index (χ0v) is 12.3. The second-order valence-corrected chi connectivity index (χ2v) is 4.86. The van der Waals surface area contributed by atoms with Crippen LogP contribution in [0.4, 0.5) is 5.82 Å². The van der Waals surface area contributed by atoms with E-state index in [0.29, 0.717) is 17.7 Å². The summed E-state index contributed by atoms with van der Waals surface area (Å²) in [5.41, 5.74) is 0.960. The van der Waals surface area contributed by atoms with Gasteiger partial charge in [-0.2, -0.15) is 0 Å². The van der Waals surface area contributed by atoms with Gasteiger partial charge in [-0.05, 0) is 19.3 Å². The van der Waals surface area contributed by atoms with Crippen LogP contribution in [-0.2, 0) is 11.2 Å². The minimum absolute atomic E-state index is 0.223. The standard InChI is InChI=1S/C13H22ClN3O/c1-5-10-12(14)15-8-16-13(10)17-11(9(3)4)7-18-6-2/h8-9,11H,5-7H2,1-4H3,(H,15,16,17). The topological polar surface area (TPSA) is 47.0 Å². The monoisotopic (exact) mass is 271 g/mol. The smallest absolute Gasteiger partial charge is 0.137 e. The molecule has 0 bridgehead atoms. The molecular weight excluding hydrogens is 250 g/mol. The molecule has 0 aliphatic heterocycles. The number of rotatable bonds is 7. The minimum atomic E-state index is 0.223. The Balaban J connectivity index is 2.83. The zero-order chi connectivity index (χ0) is 13.5. The van der Waals surface area contributed by atoms with Gasteiger partial charge in [-0.25, -0.2) is 9.97 Å². The Bertz CT molecular complexity index is 371. The molecule has 0 saturated heterocycles. The van der Waals surface area contributed by atoms with E-state index < -0.39 is 0 Å². The molecule has 102 valence electrons. The van der Waals surface area contributed by atoms with Crippen LogP contribution in [0.25, 0.3) is 0 Å². The molecule has 1 rings (SSSR count). The molecule has 1 heterocycles. The summed E-state index contributed by atoms with van der Waals surface area (Å²) in [5.74, 6) is 1.27. The Kier molecular flexibility index (Phi) is 6.36. The van der Waals surface area contributed by atoms with Gasteiger partial charge in [-0.3, -0.25) is 0 Å². The van der Waals surface area contributed by atoms with Gasteiger partial charge < -0.3 is 10.1 Å². The van der Waals surface area contributed by atoms with Gasteiger partial charge in [0.2, 0.25) is 0 Å². The van der Waals surface area contributed by atoms with E-state index in [9.17, 15) is 0 Å². The lowest BCUT2D eigenvalue weighted by molar-refractivity contribution is 0.126. The number of nitrogens with zero attached hydrogens (tertiary/aromatic N) is 2. The molecule has 0 fully saturated rings. The number of hydrogen-bond donors (Lipinski definition) is 1. The first kappa shape index (κ1) is 15.2. The van der Waals surface area contributed by atoms with Gasteiger partial charge in [-0.1, -0.05) is 32.4 Å². The van der Waals surface area contributed by atoms with Crippen molar-refractivity contribution >= 4 is 17.4 Å². The Hall–Kier alpha value is -0.870. The van der Waals surface area contributed by atoms with Crippen LogP contribution in [-0.4, -0.2) is 29.2 Å². The molecule has 5 heteroatoms. The van der Waals surface area contributed by atoms with Gasteiger partial charge in [0, 0.05) is 12.2 Å². The summed E-state index contributed by atoms with van der Waals surface area (Å²) in [6.45, 7) is 9.74. The van der Waals surface area contributed by atoms with Crippen LogP contribution < -0.4 is 5.32 Å². The molecule has 1 N–H and O–H groups in total. The average Bonchev–Trinajstić information content (AvgIpc) is 2.34. The molecular formula is C13H22ClN3O. The van der Waals surface area contributed by atoms with E-state index >= 15 is 0 Å². The SMILES string of the molecule is CCOCC(Nc1ncnc(Cl)c1CC)C(C)C. The molecule has 0 spiro atoms. The number of hydrogen-bond acceptors (Lipinski definition) is 4. The Labute approximate surface area is 114 Å². The van der Waals surface area contributed by atoms with Gasteiger partial charge >= 0.3 is 0 Å². The normalized spacial score (nSPS) is 12.8. The fraction of sp³-hybridized carbons (Fsp3) is 0.692. The third kappa shape index (κ3) is 4.10. The van der Waals surface area contributed by atoms with Gasteiger partial charge in [0.05, 0.1) is 12.6 Å². The fourth-order valence-corrected chi connectivity index (χ4v) is 1.92. The van der Waals surface area contributed by atoms with E-state index in [1.165, 1.54) is 6.33 Å². The van der Waals surface area contributed by atoms with Crippen LogP contribution >= 0.6 is 11.6 Å². The van der Waals surface area contributed by atoms with Crippen molar-refractivity contribution in [2.24, 2.45) is 5.92 Å². The first-order valence-corrected chi connectivity index (χ1v) is 6.81. The third-order valence-corrected chi connectivity index (χ3v) is 3.20. The highest BCUT2D eigenvalue weighted by Crippen LogP contribution is 2.22. The summed E-state index contributed by atoms with van der Waals surface area (Å²) in [6, 6.07) is 0.223. The third-order valence-electron chi connectivity index (χ3n) is 2.87. The van der Waals surface area contributed by atoms with Crippen LogP contribution in [0.2, 0.25) is 5.15 Å². The molecule has 0 aliphatic rings. The summed E-state index contributed by atoms with van der Waals surface area (Å²) in [7, 11) is 0. The summed E-state index contributed by atoms with van der Waals surface area (Å²) in [6.07, 6.45) is 2.29. The van der Waals surface area contributed by atoms with Gasteiger partial charge in [-0.15, -0.1) is 0 Å². The predicted molar refractivity (Wildman–Crippen MR) is 75.2 cm³/mol. The van der Waals surface area contributed by atoms with E-state index in [0.717, 1.165) is 24.4 Å². The largest absolute Gasteiger partial charge is 0.380 e. The van der Waals surface area contributed by atoms with Crippen molar-refractivity contribution in [2.75, 3.05) is 18.5 Å². The Morgan fingerprint density at radius 2 is 2.06 bits per heavy atom. The number of anilines is 1. The molecule has 4 nitrogen and oxygen atoms in total. The molecule has 0 aliphatic carbocycles. The van der Waals surface area contributed by atoms with Gasteiger partial charge in [0.15, 0.2) is 0 Å². The number of nitrogens with one attached hydrogen (secondary N) is 1.